The Labute approximate surface area is 189 Å². The molecular formula is C22H28F3N5O3. The maximum atomic E-state index is 12.9. The molecule has 1 aliphatic rings. The number of nitrogens with one attached hydrogen (secondary N) is 1. The predicted octanol–water partition coefficient (Wildman–Crippen LogP) is 1.85. The molecule has 1 amide bonds. The fraction of sp³-hybridized carbons (Fsp3) is 0.500. The molecule has 33 heavy (non-hydrogen) atoms. The number of amides is 1. The van der Waals surface area contributed by atoms with Gasteiger partial charge in [0.1, 0.15) is 5.69 Å². The molecule has 180 valence electrons. The largest absolute Gasteiger partial charge is 0.416 e. The molecule has 1 aromatic heterocycles. The van der Waals surface area contributed by atoms with Gasteiger partial charge in [0.2, 0.25) is 0 Å². The molecule has 11 heteroatoms. The van der Waals surface area contributed by atoms with Crippen LogP contribution in [0, 0.1) is 0 Å². The number of aromatic nitrogens is 2. The van der Waals surface area contributed by atoms with E-state index in [1.54, 1.807) is 6.07 Å². The van der Waals surface area contributed by atoms with E-state index in [1.165, 1.54) is 36.1 Å². The van der Waals surface area contributed by atoms with Crippen molar-refractivity contribution in [3.8, 4) is 0 Å². The highest BCUT2D eigenvalue weighted by Gasteiger charge is 2.31. The second-order valence-corrected chi connectivity index (χ2v) is 7.76. The maximum absolute atomic E-state index is 12.9. The monoisotopic (exact) mass is 467 g/mol. The van der Waals surface area contributed by atoms with Crippen LogP contribution in [-0.4, -0.2) is 73.6 Å². The van der Waals surface area contributed by atoms with Crippen molar-refractivity contribution in [2.75, 3.05) is 57.9 Å². The molecule has 1 aromatic carbocycles. The zero-order chi connectivity index (χ0) is 23.8. The number of methoxy groups -OCH3 is 1. The minimum absolute atomic E-state index is 0.167. The minimum Gasteiger partial charge on any atom is -0.383 e. The van der Waals surface area contributed by atoms with E-state index >= 15 is 0 Å². The average molecular weight is 467 g/mol. The molecule has 0 atom stereocenters. The van der Waals surface area contributed by atoms with Gasteiger partial charge in [-0.15, -0.1) is 0 Å². The van der Waals surface area contributed by atoms with Crippen molar-refractivity contribution in [2.45, 2.75) is 19.1 Å². The van der Waals surface area contributed by atoms with Crippen LogP contribution in [0.15, 0.2) is 41.2 Å². The summed E-state index contributed by atoms with van der Waals surface area (Å²) in [7, 11) is 1.52. The number of carbonyl (C=O) groups is 1. The molecule has 1 aliphatic heterocycles. The fourth-order valence-electron chi connectivity index (χ4n) is 3.61. The van der Waals surface area contributed by atoms with Crippen LogP contribution < -0.4 is 15.8 Å². The van der Waals surface area contributed by atoms with Crippen molar-refractivity contribution in [3.05, 3.63) is 58.0 Å². The molecule has 3 rings (SSSR count). The molecule has 0 unspecified atom stereocenters. The molecular weight excluding hydrogens is 439 g/mol. The van der Waals surface area contributed by atoms with Gasteiger partial charge in [-0.1, -0.05) is 6.07 Å². The Morgan fingerprint density at radius 2 is 1.88 bits per heavy atom. The van der Waals surface area contributed by atoms with Crippen molar-refractivity contribution >= 4 is 11.6 Å². The Bertz CT molecular complexity index is 988. The second-order valence-electron chi connectivity index (χ2n) is 7.76. The van der Waals surface area contributed by atoms with E-state index < -0.39 is 11.7 Å². The molecule has 2 aromatic rings. The summed E-state index contributed by atoms with van der Waals surface area (Å²) in [5.74, 6) is -0.351. The molecule has 0 radical (unpaired) electrons. The first kappa shape index (κ1) is 24.7. The number of anilines is 1. The first-order chi connectivity index (χ1) is 15.8. The number of benzene rings is 1. The fourth-order valence-corrected chi connectivity index (χ4v) is 3.61. The summed E-state index contributed by atoms with van der Waals surface area (Å²) in [5, 5.41) is 6.87. The lowest BCUT2D eigenvalue weighted by Crippen LogP contribution is -2.47. The lowest BCUT2D eigenvalue weighted by atomic mass is 10.1. The summed E-state index contributed by atoms with van der Waals surface area (Å²) < 4.78 is 45.0. The highest BCUT2D eigenvalue weighted by atomic mass is 19.4. The lowest BCUT2D eigenvalue weighted by molar-refractivity contribution is -0.137. The molecule has 8 nitrogen and oxygen atoms in total. The van der Waals surface area contributed by atoms with Gasteiger partial charge < -0.3 is 15.0 Å². The Hall–Kier alpha value is -2.92. The van der Waals surface area contributed by atoms with Gasteiger partial charge in [-0.2, -0.15) is 18.3 Å². The van der Waals surface area contributed by atoms with Gasteiger partial charge >= 0.3 is 6.18 Å². The standard InChI is InChI=1S/C22H28F3N5O3/c1-33-15-14-30-20(31)7-6-19(27-30)21(32)26-8-3-9-28-10-12-29(13-11-28)18-5-2-4-17(16-18)22(23,24)25/h2,4-7,16H,3,8-15H2,1H3,(H,26,32). The number of hydrogen-bond donors (Lipinski definition) is 1. The first-order valence-electron chi connectivity index (χ1n) is 10.8. The number of piperazine rings is 1. The number of halogens is 3. The van der Waals surface area contributed by atoms with Crippen LogP contribution in [0.3, 0.4) is 0 Å². The SMILES string of the molecule is COCCn1nc(C(=O)NCCCN2CCN(c3cccc(C(F)(F)F)c3)CC2)ccc1=O. The highest BCUT2D eigenvalue weighted by molar-refractivity contribution is 5.91. The molecule has 0 spiro atoms. The van der Waals surface area contributed by atoms with Gasteiger partial charge in [-0.3, -0.25) is 14.5 Å². The van der Waals surface area contributed by atoms with E-state index in [2.05, 4.69) is 15.3 Å². The molecule has 1 N–H and O–H groups in total. The van der Waals surface area contributed by atoms with E-state index in [4.69, 9.17) is 4.74 Å². The number of rotatable bonds is 9. The number of nitrogens with zero attached hydrogens (tertiary/aromatic N) is 4. The summed E-state index contributed by atoms with van der Waals surface area (Å²) in [4.78, 5) is 28.3. The number of hydrogen-bond acceptors (Lipinski definition) is 6. The summed E-state index contributed by atoms with van der Waals surface area (Å²) in [5.41, 5.74) is -0.189. The number of ether oxygens (including phenoxy) is 1. The molecule has 2 heterocycles. The number of alkyl halides is 3. The lowest BCUT2D eigenvalue weighted by Gasteiger charge is -2.36. The second kappa shape index (κ2) is 11.3. The molecule has 1 fully saturated rings. The van der Waals surface area contributed by atoms with Crippen molar-refractivity contribution in [3.63, 3.8) is 0 Å². The van der Waals surface area contributed by atoms with Gasteiger partial charge in [-0.05, 0) is 37.2 Å². The summed E-state index contributed by atoms with van der Waals surface area (Å²) in [6.45, 7) is 4.54. The van der Waals surface area contributed by atoms with Crippen LogP contribution in [0.4, 0.5) is 18.9 Å². The maximum Gasteiger partial charge on any atom is 0.416 e. The summed E-state index contributed by atoms with van der Waals surface area (Å²) in [6, 6.07) is 8.11. The predicted molar refractivity (Wildman–Crippen MR) is 117 cm³/mol. The van der Waals surface area contributed by atoms with E-state index in [0.29, 0.717) is 31.9 Å². The van der Waals surface area contributed by atoms with Crippen LogP contribution in [0.1, 0.15) is 22.5 Å². The topological polar surface area (TPSA) is 79.7 Å². The van der Waals surface area contributed by atoms with Gasteiger partial charge in [0.15, 0.2) is 0 Å². The van der Waals surface area contributed by atoms with Gasteiger partial charge in [0, 0.05) is 51.6 Å². The third-order valence-electron chi connectivity index (χ3n) is 5.45. The Morgan fingerprint density at radius 3 is 2.58 bits per heavy atom. The molecule has 0 aliphatic carbocycles. The third-order valence-corrected chi connectivity index (χ3v) is 5.45. The zero-order valence-corrected chi connectivity index (χ0v) is 18.5. The highest BCUT2D eigenvalue weighted by Crippen LogP contribution is 2.31. The summed E-state index contributed by atoms with van der Waals surface area (Å²) in [6.07, 6.45) is -3.63. The molecule has 0 saturated carbocycles. The minimum atomic E-state index is -4.35. The molecule has 0 bridgehead atoms. The van der Waals surface area contributed by atoms with E-state index in [9.17, 15) is 22.8 Å². The number of carbonyl (C=O) groups excluding carboxylic acids is 1. The van der Waals surface area contributed by atoms with Crippen LogP contribution in [0.2, 0.25) is 0 Å². The van der Waals surface area contributed by atoms with Crippen molar-refractivity contribution in [1.82, 2.24) is 20.0 Å². The van der Waals surface area contributed by atoms with Crippen LogP contribution in [-0.2, 0) is 17.5 Å². The third kappa shape index (κ3) is 7.03. The zero-order valence-electron chi connectivity index (χ0n) is 18.5. The van der Waals surface area contributed by atoms with Gasteiger partial charge in [0.05, 0.1) is 18.7 Å². The van der Waals surface area contributed by atoms with E-state index in [-0.39, 0.29) is 23.7 Å². The van der Waals surface area contributed by atoms with Gasteiger partial charge in [0.25, 0.3) is 11.5 Å². The normalized spacial score (nSPS) is 15.0. The first-order valence-corrected chi connectivity index (χ1v) is 10.8. The molecule has 1 saturated heterocycles. The van der Waals surface area contributed by atoms with Crippen molar-refractivity contribution in [2.24, 2.45) is 0 Å². The Kier molecular flexibility index (Phi) is 8.45. The van der Waals surface area contributed by atoms with Crippen molar-refractivity contribution < 1.29 is 22.7 Å². The van der Waals surface area contributed by atoms with Crippen LogP contribution >= 0.6 is 0 Å². The van der Waals surface area contributed by atoms with E-state index in [0.717, 1.165) is 32.1 Å². The van der Waals surface area contributed by atoms with E-state index in [1.807, 2.05) is 4.90 Å². The average Bonchev–Trinajstić information content (AvgIpc) is 2.81. The smallest absolute Gasteiger partial charge is 0.383 e. The summed E-state index contributed by atoms with van der Waals surface area (Å²) >= 11 is 0. The van der Waals surface area contributed by atoms with Crippen LogP contribution in [0.5, 0.6) is 0 Å². The van der Waals surface area contributed by atoms with Crippen molar-refractivity contribution in [1.29, 1.82) is 0 Å². The quantitative estimate of drug-likeness (QED) is 0.567. The Balaban J connectivity index is 1.40. The van der Waals surface area contributed by atoms with Crippen LogP contribution in [0.25, 0.3) is 0 Å². The Morgan fingerprint density at radius 1 is 1.12 bits per heavy atom. The van der Waals surface area contributed by atoms with Gasteiger partial charge in [-0.25, -0.2) is 4.68 Å².